The van der Waals surface area contributed by atoms with Crippen LogP contribution in [-0.2, 0) is 13.0 Å². The van der Waals surface area contributed by atoms with Gasteiger partial charge in [-0.3, -0.25) is 4.90 Å². The first kappa shape index (κ1) is 15.8. The van der Waals surface area contributed by atoms with Crippen molar-refractivity contribution in [3.05, 3.63) is 41.5 Å². The fraction of sp³-hybridized carbons (Fsp3) is 0.364. The highest BCUT2D eigenvalue weighted by atomic mass is 16.5. The largest absolute Gasteiger partial charge is 0.507 e. The van der Waals surface area contributed by atoms with Crippen molar-refractivity contribution in [3.8, 4) is 17.2 Å². The summed E-state index contributed by atoms with van der Waals surface area (Å²) in [6, 6.07) is 10.6. The number of ether oxygens (including phenoxy) is 2. The first-order valence-corrected chi connectivity index (χ1v) is 9.26. The molecule has 0 bridgehead atoms. The SMILES string of the molecule is COc1cc2c3c(c4cccc(O)c4c2cc1OC)C[C@@H]1CCCN1C3. The molecule has 3 aromatic carbocycles. The number of hydrogen-bond donors (Lipinski definition) is 1. The van der Waals surface area contributed by atoms with Crippen LogP contribution in [0.15, 0.2) is 30.3 Å². The molecule has 26 heavy (non-hydrogen) atoms. The molecule has 0 aliphatic carbocycles. The molecule has 4 nitrogen and oxygen atoms in total. The van der Waals surface area contributed by atoms with Gasteiger partial charge in [0, 0.05) is 18.0 Å². The molecule has 0 saturated carbocycles. The van der Waals surface area contributed by atoms with Crippen LogP contribution < -0.4 is 9.47 Å². The molecule has 0 unspecified atom stereocenters. The Labute approximate surface area is 152 Å². The van der Waals surface area contributed by atoms with Gasteiger partial charge in [-0.05, 0) is 71.3 Å². The number of methoxy groups -OCH3 is 2. The average Bonchev–Trinajstić information content (AvgIpc) is 3.13. The Morgan fingerprint density at radius 3 is 2.54 bits per heavy atom. The Balaban J connectivity index is 1.92. The zero-order chi connectivity index (χ0) is 17.8. The molecule has 0 aromatic heterocycles. The molecule has 4 heteroatoms. The third kappa shape index (κ3) is 2.12. The van der Waals surface area contributed by atoms with Crippen LogP contribution in [0.25, 0.3) is 21.5 Å². The molecule has 1 atom stereocenters. The molecule has 2 aliphatic rings. The van der Waals surface area contributed by atoms with E-state index >= 15 is 0 Å². The molecule has 134 valence electrons. The first-order chi connectivity index (χ1) is 12.7. The summed E-state index contributed by atoms with van der Waals surface area (Å²) in [7, 11) is 3.32. The molecular formula is C22H23NO3. The second-order valence-electron chi connectivity index (χ2n) is 7.38. The van der Waals surface area contributed by atoms with E-state index in [9.17, 15) is 5.11 Å². The molecule has 0 spiro atoms. The Hall–Kier alpha value is -2.46. The fourth-order valence-corrected chi connectivity index (χ4v) is 4.92. The van der Waals surface area contributed by atoms with Gasteiger partial charge in [-0.25, -0.2) is 0 Å². The highest BCUT2D eigenvalue weighted by Crippen LogP contribution is 2.45. The van der Waals surface area contributed by atoms with Crippen molar-refractivity contribution in [2.24, 2.45) is 0 Å². The molecule has 1 fully saturated rings. The zero-order valence-electron chi connectivity index (χ0n) is 15.2. The van der Waals surface area contributed by atoms with E-state index in [0.717, 1.165) is 34.9 Å². The monoisotopic (exact) mass is 349 g/mol. The highest BCUT2D eigenvalue weighted by Gasteiger charge is 2.32. The maximum Gasteiger partial charge on any atom is 0.161 e. The van der Waals surface area contributed by atoms with Gasteiger partial charge >= 0.3 is 0 Å². The van der Waals surface area contributed by atoms with Gasteiger partial charge in [-0.1, -0.05) is 12.1 Å². The maximum atomic E-state index is 10.7. The Morgan fingerprint density at radius 2 is 1.77 bits per heavy atom. The van der Waals surface area contributed by atoms with E-state index in [-0.39, 0.29) is 0 Å². The summed E-state index contributed by atoms with van der Waals surface area (Å²) in [4.78, 5) is 2.60. The van der Waals surface area contributed by atoms with Crippen LogP contribution in [0.1, 0.15) is 24.0 Å². The Morgan fingerprint density at radius 1 is 1.00 bits per heavy atom. The van der Waals surface area contributed by atoms with Gasteiger partial charge < -0.3 is 14.6 Å². The number of benzene rings is 3. The zero-order valence-corrected chi connectivity index (χ0v) is 15.2. The minimum atomic E-state index is 0.330. The molecule has 5 rings (SSSR count). The van der Waals surface area contributed by atoms with Crippen LogP contribution in [0.2, 0.25) is 0 Å². The highest BCUT2D eigenvalue weighted by molar-refractivity contribution is 6.14. The van der Waals surface area contributed by atoms with Gasteiger partial charge in [0.05, 0.1) is 14.2 Å². The summed E-state index contributed by atoms with van der Waals surface area (Å²) in [5, 5.41) is 15.0. The van der Waals surface area contributed by atoms with Gasteiger partial charge in [0.25, 0.3) is 0 Å². The van der Waals surface area contributed by atoms with Gasteiger partial charge in [-0.2, -0.15) is 0 Å². The first-order valence-electron chi connectivity index (χ1n) is 9.26. The third-order valence-electron chi connectivity index (χ3n) is 6.15. The quantitative estimate of drug-likeness (QED) is 0.703. The molecule has 1 saturated heterocycles. The molecule has 2 heterocycles. The predicted molar refractivity (Wildman–Crippen MR) is 103 cm³/mol. The smallest absolute Gasteiger partial charge is 0.161 e. The van der Waals surface area contributed by atoms with Crippen LogP contribution in [0, 0.1) is 0 Å². The van der Waals surface area contributed by atoms with Gasteiger partial charge in [-0.15, -0.1) is 0 Å². The van der Waals surface area contributed by atoms with Crippen molar-refractivity contribution in [2.45, 2.75) is 31.8 Å². The van der Waals surface area contributed by atoms with Crippen molar-refractivity contribution < 1.29 is 14.6 Å². The number of fused-ring (bicyclic) bond motifs is 7. The van der Waals surface area contributed by atoms with E-state index in [1.165, 1.54) is 35.9 Å². The van der Waals surface area contributed by atoms with Gasteiger partial charge in [0.2, 0.25) is 0 Å². The molecule has 2 aliphatic heterocycles. The molecular weight excluding hydrogens is 326 g/mol. The van der Waals surface area contributed by atoms with Crippen LogP contribution >= 0.6 is 0 Å². The summed E-state index contributed by atoms with van der Waals surface area (Å²) in [6.07, 6.45) is 3.60. The van der Waals surface area contributed by atoms with Crippen LogP contribution in [0.5, 0.6) is 17.2 Å². The third-order valence-corrected chi connectivity index (χ3v) is 6.15. The number of phenolic OH excluding ortho intramolecular Hbond substituents is 1. The van der Waals surface area contributed by atoms with Gasteiger partial charge in [0.1, 0.15) is 5.75 Å². The molecule has 0 radical (unpaired) electrons. The minimum Gasteiger partial charge on any atom is -0.507 e. The van der Waals surface area contributed by atoms with Crippen LogP contribution in [0.3, 0.4) is 0 Å². The predicted octanol–water partition coefficient (Wildman–Crippen LogP) is 4.24. The summed E-state index contributed by atoms with van der Waals surface area (Å²) in [5.74, 6) is 1.76. The lowest BCUT2D eigenvalue weighted by molar-refractivity contribution is 0.229. The fourth-order valence-electron chi connectivity index (χ4n) is 4.92. The summed E-state index contributed by atoms with van der Waals surface area (Å²) >= 11 is 0. The van der Waals surface area contributed by atoms with Crippen molar-refractivity contribution in [3.63, 3.8) is 0 Å². The van der Waals surface area contributed by atoms with E-state index in [1.54, 1.807) is 20.3 Å². The number of aromatic hydroxyl groups is 1. The van der Waals surface area contributed by atoms with E-state index in [0.29, 0.717) is 17.5 Å². The Kier molecular flexibility index (Phi) is 3.50. The summed E-state index contributed by atoms with van der Waals surface area (Å²) in [5.41, 5.74) is 2.76. The van der Waals surface area contributed by atoms with E-state index in [1.807, 2.05) is 12.1 Å². The number of phenols is 1. The molecule has 0 amide bonds. The number of nitrogens with zero attached hydrogens (tertiary/aromatic N) is 1. The standard InChI is InChI=1S/C22H23NO3/c1-25-20-10-16-17(11-21(20)26-2)22-14(6-3-7-19(22)24)15-9-13-5-4-8-23(13)12-18(15)16/h3,6-7,10-11,13,24H,4-5,8-9,12H2,1-2H3/t13-/m0/s1. The molecule has 3 aromatic rings. The minimum absolute atomic E-state index is 0.330. The van der Waals surface area contributed by atoms with Crippen molar-refractivity contribution in [1.82, 2.24) is 4.90 Å². The molecule has 1 N–H and O–H groups in total. The van der Waals surface area contributed by atoms with E-state index < -0.39 is 0 Å². The van der Waals surface area contributed by atoms with E-state index in [2.05, 4.69) is 17.0 Å². The maximum absolute atomic E-state index is 10.7. The van der Waals surface area contributed by atoms with Crippen LogP contribution in [0.4, 0.5) is 0 Å². The van der Waals surface area contributed by atoms with Crippen molar-refractivity contribution >= 4 is 21.5 Å². The number of rotatable bonds is 2. The normalized spacial score (nSPS) is 19.5. The lowest BCUT2D eigenvalue weighted by Gasteiger charge is -2.33. The topological polar surface area (TPSA) is 41.9 Å². The average molecular weight is 349 g/mol. The van der Waals surface area contributed by atoms with Crippen LogP contribution in [-0.4, -0.2) is 36.8 Å². The second kappa shape index (κ2) is 5.78. The Bertz CT molecular complexity index is 1030. The van der Waals surface area contributed by atoms with Crippen molar-refractivity contribution in [1.29, 1.82) is 0 Å². The lowest BCUT2D eigenvalue weighted by atomic mass is 9.85. The van der Waals surface area contributed by atoms with Gasteiger partial charge in [0.15, 0.2) is 11.5 Å². The second-order valence-corrected chi connectivity index (χ2v) is 7.38. The van der Waals surface area contributed by atoms with E-state index in [4.69, 9.17) is 9.47 Å². The number of hydrogen-bond acceptors (Lipinski definition) is 4. The summed E-state index contributed by atoms with van der Waals surface area (Å²) < 4.78 is 11.1. The lowest BCUT2D eigenvalue weighted by Crippen LogP contribution is -2.35. The van der Waals surface area contributed by atoms with Crippen molar-refractivity contribution in [2.75, 3.05) is 20.8 Å². The summed E-state index contributed by atoms with van der Waals surface area (Å²) in [6.45, 7) is 2.15.